The Morgan fingerprint density at radius 1 is 1.03 bits per heavy atom. The third-order valence-electron chi connectivity index (χ3n) is 8.96. The number of nitrogens with one attached hydrogen (secondary N) is 1. The van der Waals surface area contributed by atoms with Crippen molar-refractivity contribution in [3.63, 3.8) is 0 Å². The third kappa shape index (κ3) is 5.22. The average molecular weight is 514 g/mol. The fraction of sp³-hybridized carbons (Fsp3) is 0.484. The SMILES string of the molecule is Cc1nc2c(n1[C@H]1C[C@H]3CC[C@@H](C1)N3CC[C@H](NC(=O)O)c1ccccc1)CN(Cc1ccccc1)CC2. The summed E-state index contributed by atoms with van der Waals surface area (Å²) in [6.07, 6.45) is 5.64. The lowest BCUT2D eigenvalue weighted by molar-refractivity contribution is 0.0982. The van der Waals surface area contributed by atoms with Crippen LogP contribution in [0.15, 0.2) is 60.7 Å². The minimum absolute atomic E-state index is 0.177. The van der Waals surface area contributed by atoms with E-state index in [0.29, 0.717) is 18.1 Å². The number of aromatic nitrogens is 2. The minimum Gasteiger partial charge on any atom is -0.465 e. The number of nitrogens with zero attached hydrogens (tertiary/aromatic N) is 4. The van der Waals surface area contributed by atoms with Crippen molar-refractivity contribution < 1.29 is 9.90 Å². The summed E-state index contributed by atoms with van der Waals surface area (Å²) < 4.78 is 2.59. The largest absolute Gasteiger partial charge is 0.465 e. The summed E-state index contributed by atoms with van der Waals surface area (Å²) in [7, 11) is 0. The first-order valence-corrected chi connectivity index (χ1v) is 14.2. The van der Waals surface area contributed by atoms with E-state index in [-0.39, 0.29) is 6.04 Å². The molecule has 0 saturated carbocycles. The normalized spacial score (nSPS) is 24.2. The van der Waals surface area contributed by atoms with Crippen LogP contribution in [-0.4, -0.2) is 55.7 Å². The van der Waals surface area contributed by atoms with Crippen LogP contribution in [0.4, 0.5) is 4.79 Å². The molecule has 3 aliphatic rings. The number of hydrogen-bond donors (Lipinski definition) is 2. The van der Waals surface area contributed by atoms with Gasteiger partial charge in [-0.05, 0) is 50.2 Å². The number of carboxylic acid groups (broad SMARTS) is 1. The fourth-order valence-corrected chi connectivity index (χ4v) is 7.29. The zero-order valence-electron chi connectivity index (χ0n) is 22.3. The van der Waals surface area contributed by atoms with E-state index in [1.54, 1.807) is 0 Å². The fourth-order valence-electron chi connectivity index (χ4n) is 7.29. The van der Waals surface area contributed by atoms with Gasteiger partial charge < -0.3 is 15.0 Å². The molecule has 1 amide bonds. The number of fused-ring (bicyclic) bond motifs is 3. The van der Waals surface area contributed by atoms with E-state index in [0.717, 1.165) is 57.4 Å². The lowest BCUT2D eigenvalue weighted by Gasteiger charge is -2.41. The van der Waals surface area contributed by atoms with Crippen LogP contribution in [0.2, 0.25) is 0 Å². The summed E-state index contributed by atoms with van der Waals surface area (Å²) in [6.45, 7) is 6.14. The highest BCUT2D eigenvalue weighted by Crippen LogP contribution is 2.43. The maximum absolute atomic E-state index is 11.5. The van der Waals surface area contributed by atoms with Gasteiger partial charge in [-0.15, -0.1) is 0 Å². The van der Waals surface area contributed by atoms with E-state index < -0.39 is 6.09 Å². The van der Waals surface area contributed by atoms with Crippen LogP contribution in [0.3, 0.4) is 0 Å². The van der Waals surface area contributed by atoms with Crippen LogP contribution >= 0.6 is 0 Å². The second-order valence-electron chi connectivity index (χ2n) is 11.3. The van der Waals surface area contributed by atoms with Crippen LogP contribution < -0.4 is 5.32 Å². The van der Waals surface area contributed by atoms with Gasteiger partial charge in [0.2, 0.25) is 0 Å². The molecule has 2 N–H and O–H groups in total. The van der Waals surface area contributed by atoms with E-state index in [4.69, 9.17) is 4.98 Å². The molecule has 0 spiro atoms. The number of carbonyl (C=O) groups is 1. The Kier molecular flexibility index (Phi) is 7.22. The second kappa shape index (κ2) is 10.9. The highest BCUT2D eigenvalue weighted by atomic mass is 16.4. The van der Waals surface area contributed by atoms with Gasteiger partial charge in [-0.1, -0.05) is 60.7 Å². The lowest BCUT2D eigenvalue weighted by Crippen LogP contribution is -2.45. The van der Waals surface area contributed by atoms with Crippen LogP contribution in [0.25, 0.3) is 0 Å². The third-order valence-corrected chi connectivity index (χ3v) is 8.96. The number of piperidine rings is 1. The molecule has 2 bridgehead atoms. The second-order valence-corrected chi connectivity index (χ2v) is 11.3. The monoisotopic (exact) mass is 513 g/mol. The molecule has 4 heterocycles. The molecule has 1 aromatic heterocycles. The zero-order chi connectivity index (χ0) is 26.1. The summed E-state index contributed by atoms with van der Waals surface area (Å²) in [4.78, 5) is 21.8. The maximum atomic E-state index is 11.5. The highest BCUT2D eigenvalue weighted by molar-refractivity contribution is 5.65. The minimum atomic E-state index is -0.956. The van der Waals surface area contributed by atoms with Gasteiger partial charge in [0.25, 0.3) is 0 Å². The number of imidazole rings is 1. The van der Waals surface area contributed by atoms with Crippen LogP contribution in [-0.2, 0) is 19.5 Å². The van der Waals surface area contributed by atoms with Gasteiger partial charge in [0.05, 0.1) is 17.4 Å². The number of rotatable bonds is 8. The Morgan fingerprint density at radius 2 is 1.71 bits per heavy atom. The number of hydrogen-bond acceptors (Lipinski definition) is 4. The van der Waals surface area contributed by atoms with Crippen LogP contribution in [0.5, 0.6) is 0 Å². The van der Waals surface area contributed by atoms with Gasteiger partial charge in [0, 0.05) is 50.7 Å². The van der Waals surface area contributed by atoms with Gasteiger partial charge in [-0.2, -0.15) is 0 Å². The van der Waals surface area contributed by atoms with Gasteiger partial charge in [0.1, 0.15) is 5.82 Å². The van der Waals surface area contributed by atoms with Gasteiger partial charge in [0.15, 0.2) is 0 Å². The Balaban J connectivity index is 1.13. The van der Waals surface area contributed by atoms with Crippen molar-refractivity contribution >= 4 is 6.09 Å². The molecule has 0 radical (unpaired) electrons. The predicted molar refractivity (Wildman–Crippen MR) is 148 cm³/mol. The van der Waals surface area contributed by atoms with Crippen molar-refractivity contribution in [2.45, 2.75) is 82.7 Å². The topological polar surface area (TPSA) is 73.6 Å². The number of benzene rings is 2. The molecular weight excluding hydrogens is 474 g/mol. The molecule has 3 aliphatic heterocycles. The first-order valence-electron chi connectivity index (χ1n) is 14.2. The average Bonchev–Trinajstić information content (AvgIpc) is 3.37. The molecule has 6 rings (SSSR count). The first-order chi connectivity index (χ1) is 18.5. The molecule has 200 valence electrons. The Hall–Kier alpha value is -3.16. The summed E-state index contributed by atoms with van der Waals surface area (Å²) in [6, 6.07) is 22.2. The van der Waals surface area contributed by atoms with Crippen molar-refractivity contribution in [2.75, 3.05) is 13.1 Å². The van der Waals surface area contributed by atoms with Crippen molar-refractivity contribution in [2.24, 2.45) is 0 Å². The zero-order valence-corrected chi connectivity index (χ0v) is 22.3. The van der Waals surface area contributed by atoms with Gasteiger partial charge in [-0.25, -0.2) is 9.78 Å². The molecule has 2 fully saturated rings. The molecule has 7 nitrogen and oxygen atoms in total. The van der Waals surface area contributed by atoms with E-state index >= 15 is 0 Å². The quantitative estimate of drug-likeness (QED) is 0.427. The van der Waals surface area contributed by atoms with Crippen molar-refractivity contribution in [1.29, 1.82) is 0 Å². The summed E-state index contributed by atoms with van der Waals surface area (Å²) in [5.74, 6) is 1.17. The first kappa shape index (κ1) is 25.1. The van der Waals surface area contributed by atoms with Crippen LogP contribution in [0, 0.1) is 6.92 Å². The summed E-state index contributed by atoms with van der Waals surface area (Å²) in [5, 5.41) is 12.2. The van der Waals surface area contributed by atoms with Gasteiger partial charge in [-0.3, -0.25) is 9.80 Å². The van der Waals surface area contributed by atoms with Crippen molar-refractivity contribution in [3.05, 3.63) is 89.0 Å². The summed E-state index contributed by atoms with van der Waals surface area (Å²) in [5.41, 5.74) is 5.14. The van der Waals surface area contributed by atoms with E-state index in [2.05, 4.69) is 56.9 Å². The Labute approximate surface area is 225 Å². The molecule has 38 heavy (non-hydrogen) atoms. The maximum Gasteiger partial charge on any atom is 0.405 e. The predicted octanol–water partition coefficient (Wildman–Crippen LogP) is 5.32. The molecule has 2 aromatic carbocycles. The molecule has 0 aliphatic carbocycles. The van der Waals surface area contributed by atoms with Crippen LogP contribution in [0.1, 0.15) is 72.5 Å². The number of aryl methyl sites for hydroxylation is 1. The molecule has 3 aromatic rings. The smallest absolute Gasteiger partial charge is 0.405 e. The molecule has 4 atom stereocenters. The lowest BCUT2D eigenvalue weighted by atomic mass is 9.95. The van der Waals surface area contributed by atoms with Crippen molar-refractivity contribution in [3.8, 4) is 0 Å². The van der Waals surface area contributed by atoms with E-state index in [1.165, 1.54) is 35.6 Å². The van der Waals surface area contributed by atoms with Gasteiger partial charge >= 0.3 is 6.09 Å². The molecular formula is C31H39N5O2. The Morgan fingerprint density at radius 3 is 2.39 bits per heavy atom. The van der Waals surface area contributed by atoms with E-state index in [9.17, 15) is 9.90 Å². The van der Waals surface area contributed by atoms with Crippen molar-refractivity contribution in [1.82, 2.24) is 24.7 Å². The highest BCUT2D eigenvalue weighted by Gasteiger charge is 2.42. The standard InChI is InChI=1S/C31H39N5O2/c1-22-32-29-14-16-34(20-23-8-4-2-5-9-23)21-30(29)36(22)27-18-25-12-13-26(19-27)35(25)17-15-28(33-31(37)38)24-10-6-3-7-11-24/h2-11,25-28,33H,12-21H2,1H3,(H,37,38)/t25-,26+,27+,28-/m0/s1. The summed E-state index contributed by atoms with van der Waals surface area (Å²) >= 11 is 0. The molecule has 2 saturated heterocycles. The molecule has 0 unspecified atom stereocenters. The van der Waals surface area contributed by atoms with E-state index in [1.807, 2.05) is 30.3 Å². The number of amides is 1. The Bertz CT molecular complexity index is 1230. The molecule has 7 heteroatoms.